The average Bonchev–Trinajstić information content (AvgIpc) is 3.27. The standard InChI is InChI=1S/C29H31N3O3/c1-31-12-6-7-20(17-31)18-32-19-26(28-25(29(33)35-3)10-5-11-27(28)32)23-13-22(15-30-16-23)21-8-4-9-24(14-21)34-2/h4-5,8-11,13-16,19-20H,6-7,12,17-18H2,1-3H3. The minimum Gasteiger partial charge on any atom is -0.497 e. The summed E-state index contributed by atoms with van der Waals surface area (Å²) in [5.41, 5.74) is 5.59. The number of ether oxygens (including phenoxy) is 2. The number of benzene rings is 2. The Hall–Kier alpha value is -3.64. The van der Waals surface area contributed by atoms with Gasteiger partial charge in [0.25, 0.3) is 0 Å². The fraction of sp³-hybridized carbons (Fsp3) is 0.310. The second kappa shape index (κ2) is 9.92. The van der Waals surface area contributed by atoms with Gasteiger partial charge in [0.2, 0.25) is 0 Å². The quantitative estimate of drug-likeness (QED) is 0.349. The molecular formula is C29H31N3O3. The lowest BCUT2D eigenvalue weighted by atomic mass is 9.98. The molecule has 2 aromatic carbocycles. The van der Waals surface area contributed by atoms with Gasteiger partial charge in [0.05, 0.1) is 19.8 Å². The number of hydrogen-bond donors (Lipinski definition) is 0. The first kappa shape index (κ1) is 23.1. The number of aromatic nitrogens is 2. The van der Waals surface area contributed by atoms with E-state index in [1.807, 2.05) is 48.8 Å². The van der Waals surface area contributed by atoms with Gasteiger partial charge in [-0.1, -0.05) is 18.2 Å². The predicted molar refractivity (Wildman–Crippen MR) is 139 cm³/mol. The molecule has 6 nitrogen and oxygen atoms in total. The van der Waals surface area contributed by atoms with Gasteiger partial charge in [0.1, 0.15) is 5.75 Å². The van der Waals surface area contributed by atoms with Crippen LogP contribution < -0.4 is 4.74 Å². The summed E-state index contributed by atoms with van der Waals surface area (Å²) in [4.78, 5) is 19.7. The van der Waals surface area contributed by atoms with E-state index in [2.05, 4.69) is 39.8 Å². The van der Waals surface area contributed by atoms with Gasteiger partial charge in [-0.05, 0) is 68.2 Å². The number of carbonyl (C=O) groups is 1. The Morgan fingerprint density at radius 3 is 2.69 bits per heavy atom. The molecule has 1 aliphatic heterocycles. The van der Waals surface area contributed by atoms with Crippen LogP contribution in [0.4, 0.5) is 0 Å². The zero-order valence-corrected chi connectivity index (χ0v) is 20.5. The van der Waals surface area contributed by atoms with Gasteiger partial charge in [-0.3, -0.25) is 4.98 Å². The van der Waals surface area contributed by atoms with Crippen LogP contribution in [0.15, 0.2) is 67.1 Å². The van der Waals surface area contributed by atoms with Crippen molar-refractivity contribution in [2.24, 2.45) is 5.92 Å². The third kappa shape index (κ3) is 4.66. The number of pyridine rings is 1. The SMILES string of the molecule is COC(=O)c1cccc2c1c(-c1cncc(-c3cccc(OC)c3)c1)cn2CC1CCCN(C)C1. The molecule has 1 saturated heterocycles. The van der Waals surface area contributed by atoms with Gasteiger partial charge in [0.15, 0.2) is 0 Å². The van der Waals surface area contributed by atoms with Crippen LogP contribution in [-0.4, -0.2) is 54.8 Å². The van der Waals surface area contributed by atoms with E-state index >= 15 is 0 Å². The lowest BCUT2D eigenvalue weighted by Crippen LogP contribution is -2.33. The molecule has 2 aromatic heterocycles. The molecule has 0 amide bonds. The van der Waals surface area contributed by atoms with Gasteiger partial charge >= 0.3 is 5.97 Å². The summed E-state index contributed by atoms with van der Waals surface area (Å²) < 4.78 is 12.9. The minimum absolute atomic E-state index is 0.330. The normalized spacial score (nSPS) is 16.4. The van der Waals surface area contributed by atoms with E-state index in [1.165, 1.54) is 20.0 Å². The summed E-state index contributed by atoms with van der Waals surface area (Å²) in [5.74, 6) is 1.04. The number of fused-ring (bicyclic) bond motifs is 1. The highest BCUT2D eigenvalue weighted by molar-refractivity contribution is 6.10. The van der Waals surface area contributed by atoms with Crippen molar-refractivity contribution in [1.82, 2.24) is 14.5 Å². The molecule has 5 rings (SSSR count). The lowest BCUT2D eigenvalue weighted by molar-refractivity contribution is 0.0603. The Morgan fingerprint density at radius 2 is 1.89 bits per heavy atom. The summed E-state index contributed by atoms with van der Waals surface area (Å²) >= 11 is 0. The Kier molecular flexibility index (Phi) is 6.55. The molecule has 35 heavy (non-hydrogen) atoms. The summed E-state index contributed by atoms with van der Waals surface area (Å²) in [6.07, 6.45) is 8.33. The summed E-state index contributed by atoms with van der Waals surface area (Å²) in [6, 6.07) is 16.0. The Morgan fingerprint density at radius 1 is 1.06 bits per heavy atom. The third-order valence-corrected chi connectivity index (χ3v) is 6.94. The van der Waals surface area contributed by atoms with Gasteiger partial charge in [-0.15, -0.1) is 0 Å². The minimum atomic E-state index is -0.330. The Bertz CT molecular complexity index is 1360. The molecule has 4 aromatic rings. The molecule has 180 valence electrons. The fourth-order valence-corrected chi connectivity index (χ4v) is 5.25. The van der Waals surface area contributed by atoms with E-state index in [-0.39, 0.29) is 5.97 Å². The molecule has 0 bridgehead atoms. The van der Waals surface area contributed by atoms with Gasteiger partial charge in [0, 0.05) is 59.3 Å². The van der Waals surface area contributed by atoms with Crippen LogP contribution in [0.1, 0.15) is 23.2 Å². The van der Waals surface area contributed by atoms with Gasteiger partial charge < -0.3 is 18.9 Å². The number of esters is 1. The maximum Gasteiger partial charge on any atom is 0.338 e. The second-order valence-electron chi connectivity index (χ2n) is 9.35. The molecule has 1 fully saturated rings. The van der Waals surface area contributed by atoms with Crippen molar-refractivity contribution in [2.75, 3.05) is 34.4 Å². The summed E-state index contributed by atoms with van der Waals surface area (Å²) in [5, 5.41) is 0.910. The monoisotopic (exact) mass is 469 g/mol. The van der Waals surface area contributed by atoms with Crippen molar-refractivity contribution in [3.05, 3.63) is 72.7 Å². The van der Waals surface area contributed by atoms with E-state index in [0.29, 0.717) is 11.5 Å². The molecule has 6 heteroatoms. The van der Waals surface area contributed by atoms with Crippen LogP contribution >= 0.6 is 0 Å². The number of piperidine rings is 1. The maximum absolute atomic E-state index is 12.7. The molecule has 1 atom stereocenters. The Balaban J connectivity index is 1.63. The molecule has 1 unspecified atom stereocenters. The van der Waals surface area contributed by atoms with Gasteiger partial charge in [-0.25, -0.2) is 4.79 Å². The first-order valence-corrected chi connectivity index (χ1v) is 12.1. The van der Waals surface area contributed by atoms with Crippen molar-refractivity contribution >= 4 is 16.9 Å². The van der Waals surface area contributed by atoms with Crippen LogP contribution in [0.2, 0.25) is 0 Å². The molecule has 0 aliphatic carbocycles. The van der Waals surface area contributed by atoms with Gasteiger partial charge in [-0.2, -0.15) is 0 Å². The Labute approximate surface area is 206 Å². The van der Waals surface area contributed by atoms with Crippen molar-refractivity contribution in [3.63, 3.8) is 0 Å². The number of nitrogens with zero attached hydrogens (tertiary/aromatic N) is 3. The van der Waals surface area contributed by atoms with E-state index in [1.54, 1.807) is 7.11 Å². The number of rotatable bonds is 6. The summed E-state index contributed by atoms with van der Waals surface area (Å²) in [7, 11) is 5.29. The number of carbonyl (C=O) groups excluding carboxylic acids is 1. The molecule has 1 aliphatic rings. The average molecular weight is 470 g/mol. The third-order valence-electron chi connectivity index (χ3n) is 6.94. The molecule has 0 N–H and O–H groups in total. The lowest BCUT2D eigenvalue weighted by Gasteiger charge is -2.30. The second-order valence-corrected chi connectivity index (χ2v) is 9.35. The highest BCUT2D eigenvalue weighted by atomic mass is 16.5. The fourth-order valence-electron chi connectivity index (χ4n) is 5.25. The zero-order chi connectivity index (χ0) is 24.4. The van der Waals surface area contributed by atoms with Crippen LogP contribution in [0.25, 0.3) is 33.2 Å². The van der Waals surface area contributed by atoms with Crippen LogP contribution in [0.3, 0.4) is 0 Å². The van der Waals surface area contributed by atoms with Crippen LogP contribution in [0.5, 0.6) is 5.75 Å². The van der Waals surface area contributed by atoms with E-state index in [0.717, 1.165) is 58.5 Å². The molecule has 0 saturated carbocycles. The highest BCUT2D eigenvalue weighted by Gasteiger charge is 2.22. The molecule has 3 heterocycles. The molecule has 0 radical (unpaired) electrons. The van der Waals surface area contributed by atoms with Crippen molar-refractivity contribution in [3.8, 4) is 28.0 Å². The zero-order valence-electron chi connectivity index (χ0n) is 20.5. The topological polar surface area (TPSA) is 56.6 Å². The van der Waals surface area contributed by atoms with Crippen LogP contribution in [-0.2, 0) is 11.3 Å². The summed E-state index contributed by atoms with van der Waals surface area (Å²) in [6.45, 7) is 3.15. The number of methoxy groups -OCH3 is 2. The largest absolute Gasteiger partial charge is 0.497 e. The first-order valence-electron chi connectivity index (χ1n) is 12.1. The predicted octanol–water partition coefficient (Wildman–Crippen LogP) is 5.51. The molecular weight excluding hydrogens is 438 g/mol. The van der Waals surface area contributed by atoms with E-state index in [9.17, 15) is 4.79 Å². The van der Waals surface area contributed by atoms with E-state index in [4.69, 9.17) is 9.47 Å². The number of hydrogen-bond acceptors (Lipinski definition) is 5. The van der Waals surface area contributed by atoms with Crippen molar-refractivity contribution in [2.45, 2.75) is 19.4 Å². The number of likely N-dealkylation sites (tertiary alicyclic amines) is 1. The maximum atomic E-state index is 12.7. The van der Waals surface area contributed by atoms with Crippen molar-refractivity contribution in [1.29, 1.82) is 0 Å². The van der Waals surface area contributed by atoms with Crippen LogP contribution in [0, 0.1) is 5.92 Å². The van der Waals surface area contributed by atoms with E-state index < -0.39 is 0 Å². The highest BCUT2D eigenvalue weighted by Crippen LogP contribution is 2.36. The van der Waals surface area contributed by atoms with Crippen molar-refractivity contribution < 1.29 is 14.3 Å². The smallest absolute Gasteiger partial charge is 0.338 e. The molecule has 0 spiro atoms. The first-order chi connectivity index (χ1) is 17.1.